The molecule has 0 saturated carbocycles. The number of unbranched alkanes of at least 4 members (excludes halogenated alkanes) is 3. The fourth-order valence-corrected chi connectivity index (χ4v) is 4.40. The minimum Gasteiger partial charge on any atom is -0.507 e. The number of halogens is 3. The van der Waals surface area contributed by atoms with Gasteiger partial charge in [0.15, 0.2) is 5.82 Å². The van der Waals surface area contributed by atoms with Crippen LogP contribution in [-0.4, -0.2) is 48.1 Å². The van der Waals surface area contributed by atoms with Crippen molar-refractivity contribution in [1.82, 2.24) is 10.2 Å². The van der Waals surface area contributed by atoms with Crippen molar-refractivity contribution >= 4 is 11.8 Å². The number of anilines is 1. The maximum absolute atomic E-state index is 13.2. The number of aromatic hydroxyl groups is 1. The fourth-order valence-electron chi connectivity index (χ4n) is 4.40. The molecule has 2 aromatic rings. The number of hydrogen-bond acceptors (Lipinski definition) is 7. The summed E-state index contributed by atoms with van der Waals surface area (Å²) in [6.07, 6.45) is 3.24. The molecule has 0 aliphatic carbocycles. The Morgan fingerprint density at radius 1 is 1.05 bits per heavy atom. The summed E-state index contributed by atoms with van der Waals surface area (Å²) in [6.45, 7) is 4.71. The van der Waals surface area contributed by atoms with E-state index >= 15 is 0 Å². The van der Waals surface area contributed by atoms with Gasteiger partial charge in [-0.15, -0.1) is 10.2 Å². The van der Waals surface area contributed by atoms with E-state index in [4.69, 9.17) is 9.47 Å². The second-order valence-corrected chi connectivity index (χ2v) is 9.36. The van der Waals surface area contributed by atoms with Gasteiger partial charge in [-0.3, -0.25) is 4.79 Å². The summed E-state index contributed by atoms with van der Waals surface area (Å²) in [4.78, 5) is 12.0. The molecule has 0 saturated heterocycles. The lowest BCUT2D eigenvalue weighted by atomic mass is 9.93. The third-order valence-electron chi connectivity index (χ3n) is 6.59. The molecule has 0 spiro atoms. The quantitative estimate of drug-likeness (QED) is 0.181. The van der Waals surface area contributed by atoms with Crippen molar-refractivity contribution in [1.29, 1.82) is 0 Å². The molecule has 212 valence electrons. The number of methoxy groups -OCH3 is 2. The molecule has 0 radical (unpaired) electrons. The van der Waals surface area contributed by atoms with Crippen molar-refractivity contribution in [2.45, 2.75) is 90.3 Å². The van der Waals surface area contributed by atoms with Gasteiger partial charge in [-0.25, -0.2) is 0 Å². The van der Waals surface area contributed by atoms with E-state index in [-0.39, 0.29) is 29.7 Å². The Morgan fingerprint density at radius 3 is 2.42 bits per heavy atom. The van der Waals surface area contributed by atoms with Gasteiger partial charge in [0.25, 0.3) is 0 Å². The Labute approximate surface area is 223 Å². The zero-order valence-corrected chi connectivity index (χ0v) is 22.8. The number of nitrogens with zero attached hydrogens (tertiary/aromatic N) is 2. The van der Waals surface area contributed by atoms with Gasteiger partial charge >= 0.3 is 12.1 Å². The Bertz CT molecular complexity index is 1030. The van der Waals surface area contributed by atoms with Crippen LogP contribution in [0.25, 0.3) is 11.3 Å². The van der Waals surface area contributed by atoms with Gasteiger partial charge in [-0.1, -0.05) is 39.5 Å². The molecule has 0 aliphatic rings. The first-order valence-electron chi connectivity index (χ1n) is 13.3. The molecule has 2 rings (SSSR count). The molecule has 0 amide bonds. The molecule has 1 unspecified atom stereocenters. The van der Waals surface area contributed by atoms with E-state index in [2.05, 4.69) is 29.4 Å². The number of ether oxygens (including phenoxy) is 2. The van der Waals surface area contributed by atoms with E-state index in [0.717, 1.165) is 43.7 Å². The van der Waals surface area contributed by atoms with Crippen LogP contribution in [0.4, 0.5) is 19.0 Å². The SMILES string of the molecule is CCCCCCC(CC)Nc1nnc(-c2ccc(C(F)(F)F)cc2O)c(CCCOC)c1CCC(=O)OC. The van der Waals surface area contributed by atoms with Gasteiger partial charge in [0.1, 0.15) is 11.4 Å². The molecule has 7 nitrogen and oxygen atoms in total. The van der Waals surface area contributed by atoms with Crippen LogP contribution in [0.2, 0.25) is 0 Å². The number of aromatic nitrogens is 2. The summed E-state index contributed by atoms with van der Waals surface area (Å²) in [5.74, 6) is -0.385. The average Bonchev–Trinajstić information content (AvgIpc) is 2.89. The zero-order chi connectivity index (χ0) is 28.1. The number of carbonyl (C=O) groups excluding carboxylic acids is 1. The number of phenols is 1. The van der Waals surface area contributed by atoms with Gasteiger partial charge < -0.3 is 19.9 Å². The molecule has 1 atom stereocenters. The summed E-state index contributed by atoms with van der Waals surface area (Å²) < 4.78 is 49.6. The number of esters is 1. The predicted molar refractivity (Wildman–Crippen MR) is 141 cm³/mol. The number of benzene rings is 1. The molecule has 38 heavy (non-hydrogen) atoms. The summed E-state index contributed by atoms with van der Waals surface area (Å²) >= 11 is 0. The van der Waals surface area contributed by atoms with E-state index in [1.54, 1.807) is 7.11 Å². The first-order valence-corrected chi connectivity index (χ1v) is 13.3. The lowest BCUT2D eigenvalue weighted by Gasteiger charge is -2.23. The van der Waals surface area contributed by atoms with Crippen LogP contribution in [0, 0.1) is 0 Å². The number of hydrogen-bond donors (Lipinski definition) is 2. The fraction of sp³-hybridized carbons (Fsp3) is 0.607. The largest absolute Gasteiger partial charge is 0.507 e. The Morgan fingerprint density at radius 2 is 1.82 bits per heavy atom. The first-order chi connectivity index (χ1) is 18.2. The minimum atomic E-state index is -4.59. The van der Waals surface area contributed by atoms with Crippen molar-refractivity contribution < 1.29 is 32.5 Å². The van der Waals surface area contributed by atoms with Crippen molar-refractivity contribution in [3.8, 4) is 17.0 Å². The van der Waals surface area contributed by atoms with Gasteiger partial charge in [0.05, 0.1) is 12.7 Å². The molecule has 0 aliphatic heterocycles. The highest BCUT2D eigenvalue weighted by Gasteiger charge is 2.32. The molecular formula is C28H40F3N3O4. The number of phenolic OH excluding ortho intramolecular Hbond substituents is 1. The number of carbonyl (C=O) groups is 1. The summed E-state index contributed by atoms with van der Waals surface area (Å²) in [6, 6.07) is 2.97. The molecule has 2 N–H and O–H groups in total. The van der Waals surface area contributed by atoms with E-state index in [1.165, 1.54) is 19.6 Å². The summed E-state index contributed by atoms with van der Waals surface area (Å²) in [5.41, 5.74) is 0.928. The second-order valence-electron chi connectivity index (χ2n) is 9.36. The van der Waals surface area contributed by atoms with Crippen molar-refractivity contribution in [2.24, 2.45) is 0 Å². The highest BCUT2D eigenvalue weighted by Crippen LogP contribution is 2.38. The molecular weight excluding hydrogens is 499 g/mol. The molecule has 1 aromatic heterocycles. The highest BCUT2D eigenvalue weighted by molar-refractivity contribution is 5.74. The normalized spacial score (nSPS) is 12.4. The predicted octanol–water partition coefficient (Wildman–Crippen LogP) is 6.71. The van der Waals surface area contributed by atoms with Crippen molar-refractivity contribution in [2.75, 3.05) is 26.1 Å². The number of alkyl halides is 3. The average molecular weight is 540 g/mol. The minimum absolute atomic E-state index is 0.0971. The van der Waals surface area contributed by atoms with Crippen LogP contribution in [0.15, 0.2) is 18.2 Å². The highest BCUT2D eigenvalue weighted by atomic mass is 19.4. The number of rotatable bonds is 16. The standard InChI is InChI=1S/C28H40F3N3O4/c1-5-7-8-9-11-20(6-2)32-27-22(15-16-25(36)38-4)21(12-10-17-37-3)26(33-34-27)23-14-13-19(18-24(23)35)28(29,30)31/h13-14,18,20,35H,5-12,15-17H2,1-4H3,(H,32,34). The third kappa shape index (κ3) is 9.15. The maximum atomic E-state index is 13.2. The summed E-state index contributed by atoms with van der Waals surface area (Å²) in [5, 5.41) is 22.9. The van der Waals surface area contributed by atoms with Gasteiger partial charge in [0.2, 0.25) is 0 Å². The van der Waals surface area contributed by atoms with Crippen LogP contribution in [0.1, 0.15) is 81.9 Å². The van der Waals surface area contributed by atoms with Crippen LogP contribution in [0.3, 0.4) is 0 Å². The summed E-state index contributed by atoms with van der Waals surface area (Å²) in [7, 11) is 2.91. The van der Waals surface area contributed by atoms with Crippen LogP contribution in [0.5, 0.6) is 5.75 Å². The van der Waals surface area contributed by atoms with Crippen molar-refractivity contribution in [3.05, 3.63) is 34.9 Å². The topological polar surface area (TPSA) is 93.6 Å². The third-order valence-corrected chi connectivity index (χ3v) is 6.59. The van der Waals surface area contributed by atoms with E-state index < -0.39 is 17.5 Å². The van der Waals surface area contributed by atoms with Gasteiger partial charge in [-0.2, -0.15) is 13.2 Å². The van der Waals surface area contributed by atoms with Crippen LogP contribution >= 0.6 is 0 Å². The monoisotopic (exact) mass is 539 g/mol. The Kier molecular flexibility index (Phi) is 12.8. The smallest absolute Gasteiger partial charge is 0.416 e. The molecule has 0 bridgehead atoms. The van der Waals surface area contributed by atoms with E-state index in [1.807, 2.05) is 0 Å². The van der Waals surface area contributed by atoms with E-state index in [9.17, 15) is 23.1 Å². The lowest BCUT2D eigenvalue weighted by Crippen LogP contribution is -2.22. The Balaban J connectivity index is 2.57. The van der Waals surface area contributed by atoms with Crippen LogP contribution < -0.4 is 5.32 Å². The van der Waals surface area contributed by atoms with E-state index in [0.29, 0.717) is 43.3 Å². The molecule has 1 aromatic carbocycles. The molecule has 10 heteroatoms. The zero-order valence-electron chi connectivity index (χ0n) is 22.8. The lowest BCUT2D eigenvalue weighted by molar-refractivity contribution is -0.140. The number of nitrogens with one attached hydrogen (secondary N) is 1. The van der Waals surface area contributed by atoms with Gasteiger partial charge in [-0.05, 0) is 55.9 Å². The first kappa shape index (κ1) is 31.3. The second kappa shape index (κ2) is 15.5. The Hall–Kier alpha value is -2.88. The van der Waals surface area contributed by atoms with Crippen LogP contribution in [-0.2, 0) is 33.3 Å². The maximum Gasteiger partial charge on any atom is 0.416 e. The molecule has 1 heterocycles. The van der Waals surface area contributed by atoms with Gasteiger partial charge in [0, 0.05) is 37.3 Å². The molecule has 0 fully saturated rings. The van der Waals surface area contributed by atoms with Crippen molar-refractivity contribution in [3.63, 3.8) is 0 Å².